The largest absolute Gasteiger partial charge is 0.475 e. The summed E-state index contributed by atoms with van der Waals surface area (Å²) in [6.07, 6.45) is 0. The molecular formula is C20H18F2N4O2. The number of hydrogen-bond donors (Lipinski definition) is 2. The molecule has 3 aromatic rings. The molecule has 0 spiro atoms. The van der Waals surface area contributed by atoms with Crippen molar-refractivity contribution >= 4 is 11.7 Å². The van der Waals surface area contributed by atoms with Gasteiger partial charge < -0.3 is 15.4 Å². The normalized spacial score (nSPS) is 10.4. The summed E-state index contributed by atoms with van der Waals surface area (Å²) in [5.74, 6) is -1.06. The number of ether oxygens (including phenoxy) is 1. The number of amides is 2. The highest BCUT2D eigenvalue weighted by Crippen LogP contribution is 2.18. The lowest BCUT2D eigenvalue weighted by molar-refractivity contribution is 0.246. The highest BCUT2D eigenvalue weighted by molar-refractivity contribution is 5.89. The first-order chi connectivity index (χ1) is 13.5. The van der Waals surface area contributed by atoms with Gasteiger partial charge in [-0.1, -0.05) is 29.8 Å². The second kappa shape index (κ2) is 8.90. The van der Waals surface area contributed by atoms with E-state index in [1.165, 1.54) is 0 Å². The predicted molar refractivity (Wildman–Crippen MR) is 101 cm³/mol. The van der Waals surface area contributed by atoms with E-state index in [0.29, 0.717) is 5.88 Å². The molecule has 2 N–H and O–H groups in total. The molecule has 6 nitrogen and oxygen atoms in total. The third kappa shape index (κ3) is 5.23. The van der Waals surface area contributed by atoms with Crippen LogP contribution in [0.3, 0.4) is 0 Å². The Morgan fingerprint density at radius 2 is 1.82 bits per heavy atom. The zero-order valence-electron chi connectivity index (χ0n) is 15.1. The summed E-state index contributed by atoms with van der Waals surface area (Å²) >= 11 is 0. The van der Waals surface area contributed by atoms with Crippen LogP contribution in [0.5, 0.6) is 5.88 Å². The molecule has 144 valence electrons. The van der Waals surface area contributed by atoms with Crippen LogP contribution in [0.15, 0.2) is 54.6 Å². The topological polar surface area (TPSA) is 76.1 Å². The Hall–Kier alpha value is -3.55. The van der Waals surface area contributed by atoms with Crippen LogP contribution in [0.4, 0.5) is 19.3 Å². The number of aryl methyl sites for hydroxylation is 1. The number of halogens is 2. The number of anilines is 1. The smallest absolute Gasteiger partial charge is 0.319 e. The lowest BCUT2D eigenvalue weighted by atomic mass is 10.1. The Balaban J connectivity index is 1.44. The van der Waals surface area contributed by atoms with E-state index in [4.69, 9.17) is 4.74 Å². The zero-order chi connectivity index (χ0) is 19.9. The number of urea groups is 1. The van der Waals surface area contributed by atoms with Crippen LogP contribution < -0.4 is 15.4 Å². The molecule has 0 saturated carbocycles. The number of nitrogens with zero attached hydrogens (tertiary/aromatic N) is 2. The Kier molecular flexibility index (Phi) is 6.11. The van der Waals surface area contributed by atoms with Crippen LogP contribution in [0.1, 0.15) is 5.56 Å². The van der Waals surface area contributed by atoms with Gasteiger partial charge in [0, 0.05) is 17.7 Å². The van der Waals surface area contributed by atoms with Crippen molar-refractivity contribution < 1.29 is 18.3 Å². The molecule has 0 bridgehead atoms. The first-order valence-electron chi connectivity index (χ1n) is 8.55. The minimum atomic E-state index is -0.725. The fourth-order valence-electron chi connectivity index (χ4n) is 2.36. The molecule has 0 radical (unpaired) electrons. The SMILES string of the molecule is Cc1ccc(-c2ccc(OCCNC(=O)Nc3cc(F)ccc3F)nn2)cc1. The fourth-order valence-corrected chi connectivity index (χ4v) is 2.36. The molecule has 3 rings (SSSR count). The van der Waals surface area contributed by atoms with Crippen LogP contribution in [0, 0.1) is 18.6 Å². The van der Waals surface area contributed by atoms with Crippen molar-refractivity contribution in [2.75, 3.05) is 18.5 Å². The van der Waals surface area contributed by atoms with Crippen molar-refractivity contribution in [3.8, 4) is 17.1 Å². The highest BCUT2D eigenvalue weighted by Gasteiger charge is 2.08. The standard InChI is InChI=1S/C20H18F2N4O2/c1-13-2-4-14(5-3-13)17-8-9-19(26-25-17)28-11-10-23-20(27)24-18-12-15(21)6-7-16(18)22/h2-9,12H,10-11H2,1H3,(H2,23,24,27). The zero-order valence-corrected chi connectivity index (χ0v) is 15.1. The van der Waals surface area contributed by atoms with Crippen molar-refractivity contribution in [1.82, 2.24) is 15.5 Å². The Morgan fingerprint density at radius 3 is 2.54 bits per heavy atom. The average Bonchev–Trinajstić information content (AvgIpc) is 2.69. The Labute approximate surface area is 160 Å². The van der Waals surface area contributed by atoms with E-state index < -0.39 is 17.7 Å². The van der Waals surface area contributed by atoms with E-state index in [-0.39, 0.29) is 18.8 Å². The van der Waals surface area contributed by atoms with Gasteiger partial charge in [-0.25, -0.2) is 13.6 Å². The molecule has 1 heterocycles. The van der Waals surface area contributed by atoms with Crippen LogP contribution in [0.25, 0.3) is 11.3 Å². The summed E-state index contributed by atoms with van der Waals surface area (Å²) < 4.78 is 31.9. The van der Waals surface area contributed by atoms with Gasteiger partial charge in [-0.05, 0) is 25.1 Å². The molecule has 8 heteroatoms. The molecule has 0 saturated heterocycles. The molecule has 28 heavy (non-hydrogen) atoms. The van der Waals surface area contributed by atoms with Gasteiger partial charge in [0.2, 0.25) is 5.88 Å². The van der Waals surface area contributed by atoms with Crippen molar-refractivity contribution in [2.45, 2.75) is 6.92 Å². The molecule has 2 amide bonds. The van der Waals surface area contributed by atoms with Gasteiger partial charge >= 0.3 is 6.03 Å². The van der Waals surface area contributed by atoms with Gasteiger partial charge in [-0.15, -0.1) is 10.2 Å². The summed E-state index contributed by atoms with van der Waals surface area (Å²) in [5.41, 5.74) is 2.60. The van der Waals surface area contributed by atoms with E-state index in [0.717, 1.165) is 35.0 Å². The van der Waals surface area contributed by atoms with Crippen LogP contribution >= 0.6 is 0 Å². The Morgan fingerprint density at radius 1 is 1.04 bits per heavy atom. The lowest BCUT2D eigenvalue weighted by Gasteiger charge is -2.09. The van der Waals surface area contributed by atoms with Crippen molar-refractivity contribution in [3.05, 3.63) is 71.8 Å². The Bertz CT molecular complexity index is 947. The van der Waals surface area contributed by atoms with Gasteiger partial charge in [0.05, 0.1) is 17.9 Å². The van der Waals surface area contributed by atoms with Gasteiger partial charge in [0.25, 0.3) is 0 Å². The summed E-state index contributed by atoms with van der Waals surface area (Å²) in [6, 6.07) is 13.5. The third-order valence-corrected chi connectivity index (χ3v) is 3.80. The maximum atomic E-state index is 13.5. The number of nitrogens with one attached hydrogen (secondary N) is 2. The molecular weight excluding hydrogens is 366 g/mol. The van der Waals surface area contributed by atoms with E-state index in [1.807, 2.05) is 31.2 Å². The van der Waals surface area contributed by atoms with Crippen molar-refractivity contribution in [2.24, 2.45) is 0 Å². The van der Waals surface area contributed by atoms with Gasteiger partial charge in [0.1, 0.15) is 18.2 Å². The fraction of sp³-hybridized carbons (Fsp3) is 0.150. The number of benzene rings is 2. The van der Waals surface area contributed by atoms with E-state index in [9.17, 15) is 13.6 Å². The molecule has 0 atom stereocenters. The summed E-state index contributed by atoms with van der Waals surface area (Å²) in [5, 5.41) is 12.8. The number of hydrogen-bond acceptors (Lipinski definition) is 4. The molecule has 0 aliphatic rings. The maximum absolute atomic E-state index is 13.5. The van der Waals surface area contributed by atoms with Gasteiger partial charge in [0.15, 0.2) is 0 Å². The summed E-state index contributed by atoms with van der Waals surface area (Å²) in [7, 11) is 0. The van der Waals surface area contributed by atoms with Gasteiger partial charge in [-0.3, -0.25) is 0 Å². The van der Waals surface area contributed by atoms with Gasteiger partial charge in [-0.2, -0.15) is 0 Å². The number of carbonyl (C=O) groups is 1. The van der Waals surface area contributed by atoms with Crippen molar-refractivity contribution in [1.29, 1.82) is 0 Å². The molecule has 0 fully saturated rings. The highest BCUT2D eigenvalue weighted by atomic mass is 19.1. The van der Waals surface area contributed by atoms with Crippen LogP contribution in [0.2, 0.25) is 0 Å². The minimum absolute atomic E-state index is 0.137. The monoisotopic (exact) mass is 384 g/mol. The number of aromatic nitrogens is 2. The molecule has 1 aromatic heterocycles. The third-order valence-electron chi connectivity index (χ3n) is 3.80. The van der Waals surface area contributed by atoms with E-state index in [1.54, 1.807) is 12.1 Å². The van der Waals surface area contributed by atoms with Crippen molar-refractivity contribution in [3.63, 3.8) is 0 Å². The molecule has 0 aliphatic carbocycles. The molecule has 2 aromatic carbocycles. The van der Waals surface area contributed by atoms with Crippen LogP contribution in [-0.4, -0.2) is 29.4 Å². The quantitative estimate of drug-likeness (QED) is 0.632. The average molecular weight is 384 g/mol. The van der Waals surface area contributed by atoms with Crippen LogP contribution in [-0.2, 0) is 0 Å². The first kappa shape index (κ1) is 19.2. The number of carbonyl (C=O) groups excluding carboxylic acids is 1. The molecule has 0 aliphatic heterocycles. The second-order valence-corrected chi connectivity index (χ2v) is 5.98. The second-order valence-electron chi connectivity index (χ2n) is 5.98. The summed E-state index contributed by atoms with van der Waals surface area (Å²) in [6.45, 7) is 2.29. The van der Waals surface area contributed by atoms with E-state index in [2.05, 4.69) is 20.8 Å². The maximum Gasteiger partial charge on any atom is 0.319 e. The first-order valence-corrected chi connectivity index (χ1v) is 8.55. The van der Waals surface area contributed by atoms with E-state index >= 15 is 0 Å². The number of rotatable bonds is 6. The minimum Gasteiger partial charge on any atom is -0.475 e. The predicted octanol–water partition coefficient (Wildman–Crippen LogP) is 3.93. The summed E-state index contributed by atoms with van der Waals surface area (Å²) in [4.78, 5) is 11.7. The molecule has 0 unspecified atom stereocenters. The lowest BCUT2D eigenvalue weighted by Crippen LogP contribution is -2.32.